The first-order chi connectivity index (χ1) is 11.6. The maximum absolute atomic E-state index is 13.6. The number of amides is 2. The van der Waals surface area contributed by atoms with Crippen molar-refractivity contribution in [3.05, 3.63) is 35.6 Å². The van der Waals surface area contributed by atoms with E-state index < -0.39 is 0 Å². The molecule has 1 aliphatic carbocycles. The van der Waals surface area contributed by atoms with E-state index in [0.29, 0.717) is 31.7 Å². The molecule has 6 heteroatoms. The summed E-state index contributed by atoms with van der Waals surface area (Å²) in [5, 5.41) is 2.80. The SMILES string of the molecule is C[C@H](C(=O)NCc1ccccc1F)N1CCN(C(=O)C2CC2)CC1. The first kappa shape index (κ1) is 16.9. The van der Waals surface area contributed by atoms with E-state index in [4.69, 9.17) is 0 Å². The van der Waals surface area contributed by atoms with Gasteiger partial charge in [-0.2, -0.15) is 0 Å². The molecule has 1 saturated heterocycles. The average Bonchev–Trinajstić information content (AvgIpc) is 3.45. The van der Waals surface area contributed by atoms with E-state index in [0.717, 1.165) is 12.8 Å². The van der Waals surface area contributed by atoms with Crippen molar-refractivity contribution in [3.63, 3.8) is 0 Å². The summed E-state index contributed by atoms with van der Waals surface area (Å²) >= 11 is 0. The maximum atomic E-state index is 13.6. The minimum atomic E-state index is -0.308. The van der Waals surface area contributed by atoms with Gasteiger partial charge in [-0.1, -0.05) is 18.2 Å². The summed E-state index contributed by atoms with van der Waals surface area (Å²) in [6.45, 7) is 4.81. The van der Waals surface area contributed by atoms with Crippen LogP contribution in [0, 0.1) is 11.7 Å². The largest absolute Gasteiger partial charge is 0.351 e. The van der Waals surface area contributed by atoms with Crippen LogP contribution in [0.5, 0.6) is 0 Å². The predicted molar refractivity (Wildman–Crippen MR) is 88.6 cm³/mol. The monoisotopic (exact) mass is 333 g/mol. The van der Waals surface area contributed by atoms with Gasteiger partial charge in [0.25, 0.3) is 0 Å². The lowest BCUT2D eigenvalue weighted by atomic mass is 10.2. The summed E-state index contributed by atoms with van der Waals surface area (Å²) in [5.41, 5.74) is 0.484. The highest BCUT2D eigenvalue weighted by Gasteiger charge is 2.35. The number of carbonyl (C=O) groups is 2. The Labute approximate surface area is 141 Å². The van der Waals surface area contributed by atoms with Crippen LogP contribution in [0.2, 0.25) is 0 Å². The van der Waals surface area contributed by atoms with Crippen molar-refractivity contribution in [2.75, 3.05) is 26.2 Å². The molecule has 24 heavy (non-hydrogen) atoms. The Morgan fingerprint density at radius 3 is 2.50 bits per heavy atom. The van der Waals surface area contributed by atoms with Crippen molar-refractivity contribution in [1.82, 2.24) is 15.1 Å². The van der Waals surface area contributed by atoms with Gasteiger partial charge >= 0.3 is 0 Å². The van der Waals surface area contributed by atoms with Gasteiger partial charge in [-0.05, 0) is 25.8 Å². The maximum Gasteiger partial charge on any atom is 0.237 e. The highest BCUT2D eigenvalue weighted by molar-refractivity contribution is 5.82. The van der Waals surface area contributed by atoms with Crippen molar-refractivity contribution < 1.29 is 14.0 Å². The first-order valence-corrected chi connectivity index (χ1v) is 8.60. The minimum absolute atomic E-state index is 0.111. The van der Waals surface area contributed by atoms with Crippen LogP contribution in [0.4, 0.5) is 4.39 Å². The number of rotatable bonds is 5. The Morgan fingerprint density at radius 2 is 1.88 bits per heavy atom. The van der Waals surface area contributed by atoms with E-state index in [1.54, 1.807) is 18.2 Å². The number of piperazine rings is 1. The second kappa shape index (κ2) is 7.30. The molecule has 0 radical (unpaired) electrons. The van der Waals surface area contributed by atoms with Gasteiger partial charge in [0.05, 0.1) is 6.04 Å². The number of hydrogen-bond donors (Lipinski definition) is 1. The lowest BCUT2D eigenvalue weighted by molar-refractivity contribution is -0.135. The van der Waals surface area contributed by atoms with E-state index in [2.05, 4.69) is 10.2 Å². The Morgan fingerprint density at radius 1 is 1.21 bits per heavy atom. The van der Waals surface area contributed by atoms with Crippen LogP contribution in [0.3, 0.4) is 0 Å². The lowest BCUT2D eigenvalue weighted by Crippen LogP contribution is -2.55. The molecule has 1 heterocycles. The smallest absolute Gasteiger partial charge is 0.237 e. The number of carbonyl (C=O) groups excluding carboxylic acids is 2. The standard InChI is InChI=1S/C18H24FN3O2/c1-13(17(23)20-12-15-4-2-3-5-16(15)19)21-8-10-22(11-9-21)18(24)14-6-7-14/h2-5,13-14H,6-12H2,1H3,(H,20,23)/t13-/m1/s1. The first-order valence-electron chi connectivity index (χ1n) is 8.60. The molecule has 3 rings (SSSR count). The lowest BCUT2D eigenvalue weighted by Gasteiger charge is -2.37. The second-order valence-corrected chi connectivity index (χ2v) is 6.62. The Hall–Kier alpha value is -1.95. The summed E-state index contributed by atoms with van der Waals surface area (Å²) in [6.07, 6.45) is 2.04. The summed E-state index contributed by atoms with van der Waals surface area (Å²) in [6, 6.07) is 6.16. The normalized spacial score (nSPS) is 19.8. The number of nitrogens with one attached hydrogen (secondary N) is 1. The number of nitrogens with zero attached hydrogens (tertiary/aromatic N) is 2. The molecule has 0 aromatic heterocycles. The van der Waals surface area contributed by atoms with Crippen LogP contribution >= 0.6 is 0 Å². The van der Waals surface area contributed by atoms with E-state index in [9.17, 15) is 14.0 Å². The van der Waals surface area contributed by atoms with Crippen LogP contribution in [0.1, 0.15) is 25.3 Å². The third kappa shape index (κ3) is 3.93. The summed E-state index contributed by atoms with van der Waals surface area (Å²) in [4.78, 5) is 28.4. The van der Waals surface area contributed by atoms with Gasteiger partial charge in [-0.15, -0.1) is 0 Å². The fraction of sp³-hybridized carbons (Fsp3) is 0.556. The fourth-order valence-electron chi connectivity index (χ4n) is 3.06. The van der Waals surface area contributed by atoms with E-state index in [1.807, 2.05) is 11.8 Å². The zero-order chi connectivity index (χ0) is 17.1. The van der Waals surface area contributed by atoms with Crippen LogP contribution in [0.15, 0.2) is 24.3 Å². The van der Waals surface area contributed by atoms with Gasteiger partial charge in [0.1, 0.15) is 5.82 Å². The summed E-state index contributed by atoms with van der Waals surface area (Å²) < 4.78 is 13.6. The van der Waals surface area contributed by atoms with Gasteiger partial charge < -0.3 is 10.2 Å². The van der Waals surface area contributed by atoms with Crippen molar-refractivity contribution in [3.8, 4) is 0 Å². The number of hydrogen-bond acceptors (Lipinski definition) is 3. The molecule has 2 fully saturated rings. The highest BCUT2D eigenvalue weighted by Crippen LogP contribution is 2.31. The Balaban J connectivity index is 1.46. The molecule has 1 aromatic carbocycles. The third-order valence-corrected chi connectivity index (χ3v) is 4.89. The van der Waals surface area contributed by atoms with Crippen molar-refractivity contribution in [1.29, 1.82) is 0 Å². The van der Waals surface area contributed by atoms with Crippen molar-refractivity contribution >= 4 is 11.8 Å². The van der Waals surface area contributed by atoms with Gasteiger partial charge in [-0.3, -0.25) is 14.5 Å². The highest BCUT2D eigenvalue weighted by atomic mass is 19.1. The molecule has 0 bridgehead atoms. The minimum Gasteiger partial charge on any atom is -0.351 e. The zero-order valence-corrected chi connectivity index (χ0v) is 14.0. The van der Waals surface area contributed by atoms with Crippen LogP contribution in [0.25, 0.3) is 0 Å². The zero-order valence-electron chi connectivity index (χ0n) is 14.0. The van der Waals surface area contributed by atoms with Crippen molar-refractivity contribution in [2.45, 2.75) is 32.4 Å². The topological polar surface area (TPSA) is 52.7 Å². The van der Waals surface area contributed by atoms with Gasteiger partial charge in [0.15, 0.2) is 0 Å². The molecule has 5 nitrogen and oxygen atoms in total. The van der Waals surface area contributed by atoms with Gasteiger partial charge in [-0.25, -0.2) is 4.39 Å². The number of halogens is 1. The summed E-state index contributed by atoms with van der Waals surface area (Å²) in [7, 11) is 0. The molecule has 130 valence electrons. The Bertz CT molecular complexity index is 610. The Kier molecular flexibility index (Phi) is 5.14. The van der Waals surface area contributed by atoms with Gasteiger partial charge in [0.2, 0.25) is 11.8 Å². The molecule has 1 saturated carbocycles. The molecule has 0 spiro atoms. The molecule has 1 aliphatic heterocycles. The third-order valence-electron chi connectivity index (χ3n) is 4.89. The average molecular weight is 333 g/mol. The molecule has 2 amide bonds. The molecule has 2 aliphatic rings. The number of benzene rings is 1. The van der Waals surface area contributed by atoms with Gasteiger partial charge in [0, 0.05) is 44.2 Å². The van der Waals surface area contributed by atoms with Crippen LogP contribution in [-0.2, 0) is 16.1 Å². The quantitative estimate of drug-likeness (QED) is 0.886. The van der Waals surface area contributed by atoms with Crippen molar-refractivity contribution in [2.24, 2.45) is 5.92 Å². The molecule has 0 unspecified atom stereocenters. The van der Waals surface area contributed by atoms with E-state index >= 15 is 0 Å². The van der Waals surface area contributed by atoms with E-state index in [-0.39, 0.29) is 36.1 Å². The molecule has 1 atom stereocenters. The molecule has 1 aromatic rings. The van der Waals surface area contributed by atoms with Crippen LogP contribution in [-0.4, -0.2) is 53.8 Å². The molecule has 1 N–H and O–H groups in total. The molecular formula is C18H24FN3O2. The molecular weight excluding hydrogens is 309 g/mol. The second-order valence-electron chi connectivity index (χ2n) is 6.62. The predicted octanol–water partition coefficient (Wildman–Crippen LogP) is 1.38. The van der Waals surface area contributed by atoms with Crippen LogP contribution < -0.4 is 5.32 Å². The fourth-order valence-corrected chi connectivity index (χ4v) is 3.06. The van der Waals surface area contributed by atoms with E-state index in [1.165, 1.54) is 6.07 Å². The summed E-state index contributed by atoms with van der Waals surface area (Å²) in [5.74, 6) is 0.0993.